The minimum Gasteiger partial charge on any atom is -0.370 e. The van der Waals surface area contributed by atoms with Gasteiger partial charge in [0.15, 0.2) is 6.23 Å². The zero-order valence-corrected chi connectivity index (χ0v) is 9.07. The Kier molecular flexibility index (Phi) is 2.05. The average molecular weight is 235 g/mol. The molecule has 0 fully saturated rings. The highest BCUT2D eigenvalue weighted by Gasteiger charge is 2.25. The topological polar surface area (TPSA) is 67.2 Å². The number of rotatable bonds is 1. The first-order valence-corrected chi connectivity index (χ1v) is 5.73. The molecule has 1 amide bonds. The number of hydrogen-bond donors (Lipinski definition) is 2. The molecular weight excluding hydrogens is 226 g/mol. The summed E-state index contributed by atoms with van der Waals surface area (Å²) in [7, 11) is 0. The van der Waals surface area contributed by atoms with E-state index in [2.05, 4.69) is 10.4 Å². The summed E-state index contributed by atoms with van der Waals surface area (Å²) in [6.45, 7) is 0.206. The van der Waals surface area contributed by atoms with Crippen LogP contribution in [0.1, 0.15) is 16.7 Å². The second-order valence-corrected chi connectivity index (χ2v) is 4.48. The summed E-state index contributed by atoms with van der Waals surface area (Å²) < 4.78 is 1.37. The number of aliphatic hydroxyl groups is 1. The number of nitrogens with one attached hydrogen (secondary N) is 1. The van der Waals surface area contributed by atoms with Gasteiger partial charge in [-0.25, -0.2) is 4.68 Å². The Bertz CT molecular complexity index is 532. The Morgan fingerprint density at radius 1 is 1.62 bits per heavy atom. The van der Waals surface area contributed by atoms with Crippen molar-refractivity contribution in [2.24, 2.45) is 0 Å². The smallest absolute Gasteiger partial charge is 0.269 e. The highest BCUT2D eigenvalue weighted by Crippen LogP contribution is 2.26. The number of nitrogens with zero attached hydrogens (tertiary/aromatic N) is 2. The van der Waals surface area contributed by atoms with Crippen LogP contribution in [0.2, 0.25) is 0 Å². The third-order valence-electron chi connectivity index (χ3n) is 2.47. The zero-order valence-electron chi connectivity index (χ0n) is 8.25. The van der Waals surface area contributed by atoms with Gasteiger partial charge < -0.3 is 10.4 Å². The quantitative estimate of drug-likeness (QED) is 0.770. The Morgan fingerprint density at radius 2 is 2.50 bits per heavy atom. The van der Waals surface area contributed by atoms with Crippen LogP contribution >= 0.6 is 11.3 Å². The maximum atomic E-state index is 11.5. The molecular formula is C10H9N3O2S. The molecule has 0 saturated carbocycles. The number of aromatic nitrogens is 2. The Balaban J connectivity index is 2.12. The predicted octanol–water partition coefficient (Wildman–Crippen LogP) is 0.846. The predicted molar refractivity (Wildman–Crippen MR) is 59.1 cm³/mol. The normalized spacial score (nSPS) is 19.3. The van der Waals surface area contributed by atoms with E-state index >= 15 is 0 Å². The van der Waals surface area contributed by atoms with Crippen molar-refractivity contribution in [2.45, 2.75) is 6.23 Å². The van der Waals surface area contributed by atoms with Crippen molar-refractivity contribution in [3.8, 4) is 10.6 Å². The minimum absolute atomic E-state index is 0.194. The second-order valence-electron chi connectivity index (χ2n) is 3.53. The fraction of sp³-hybridized carbons (Fsp3) is 0.200. The van der Waals surface area contributed by atoms with Crippen molar-refractivity contribution < 1.29 is 9.90 Å². The van der Waals surface area contributed by atoms with Crippen LogP contribution in [0.4, 0.5) is 0 Å². The molecule has 0 bridgehead atoms. The Morgan fingerprint density at radius 3 is 3.19 bits per heavy atom. The highest BCUT2D eigenvalue weighted by molar-refractivity contribution is 7.13. The molecule has 3 rings (SSSR count). The molecule has 0 spiro atoms. The van der Waals surface area contributed by atoms with E-state index in [4.69, 9.17) is 0 Å². The van der Waals surface area contributed by atoms with Crippen LogP contribution in [-0.4, -0.2) is 27.3 Å². The molecule has 1 atom stereocenters. The molecule has 0 aliphatic carbocycles. The van der Waals surface area contributed by atoms with Crippen LogP contribution < -0.4 is 5.32 Å². The molecule has 5 nitrogen and oxygen atoms in total. The molecule has 0 unspecified atom stereocenters. The van der Waals surface area contributed by atoms with E-state index in [1.165, 1.54) is 4.68 Å². The maximum absolute atomic E-state index is 11.5. The monoisotopic (exact) mass is 235 g/mol. The molecule has 0 radical (unpaired) electrons. The van der Waals surface area contributed by atoms with Gasteiger partial charge in [-0.15, -0.1) is 11.3 Å². The van der Waals surface area contributed by atoms with Crippen molar-refractivity contribution in [1.29, 1.82) is 0 Å². The van der Waals surface area contributed by atoms with Crippen LogP contribution in [0, 0.1) is 0 Å². The number of aliphatic hydroxyl groups excluding tert-OH is 1. The van der Waals surface area contributed by atoms with Crippen molar-refractivity contribution in [1.82, 2.24) is 15.1 Å². The number of thiophene rings is 1. The third-order valence-corrected chi connectivity index (χ3v) is 3.36. The van der Waals surface area contributed by atoms with E-state index in [0.717, 1.165) is 10.6 Å². The second kappa shape index (κ2) is 3.43. The van der Waals surface area contributed by atoms with Gasteiger partial charge in [0.05, 0.1) is 11.4 Å². The first-order chi connectivity index (χ1) is 7.75. The summed E-state index contributed by atoms with van der Waals surface area (Å²) in [6, 6.07) is 5.56. The molecule has 0 aromatic carbocycles. The number of fused-ring (bicyclic) bond motifs is 1. The van der Waals surface area contributed by atoms with Gasteiger partial charge >= 0.3 is 0 Å². The van der Waals surface area contributed by atoms with E-state index < -0.39 is 6.23 Å². The first kappa shape index (κ1) is 9.56. The Hall–Kier alpha value is -1.66. The lowest BCUT2D eigenvalue weighted by Crippen LogP contribution is -2.39. The highest BCUT2D eigenvalue weighted by atomic mass is 32.1. The third kappa shape index (κ3) is 1.35. The van der Waals surface area contributed by atoms with Gasteiger partial charge in [-0.2, -0.15) is 5.10 Å². The van der Waals surface area contributed by atoms with Crippen LogP contribution in [0.3, 0.4) is 0 Å². The van der Waals surface area contributed by atoms with Crippen LogP contribution in [0.25, 0.3) is 10.6 Å². The molecule has 82 valence electrons. The maximum Gasteiger partial charge on any atom is 0.269 e. The summed E-state index contributed by atoms with van der Waals surface area (Å²) in [5.74, 6) is -0.194. The van der Waals surface area contributed by atoms with Crippen LogP contribution in [-0.2, 0) is 0 Å². The molecule has 2 aromatic heterocycles. The Labute approximate surface area is 95.3 Å². The van der Waals surface area contributed by atoms with Gasteiger partial charge in [-0.3, -0.25) is 4.79 Å². The van der Waals surface area contributed by atoms with Gasteiger partial charge in [0, 0.05) is 0 Å². The van der Waals surface area contributed by atoms with Crippen molar-refractivity contribution >= 4 is 17.2 Å². The minimum atomic E-state index is -0.776. The number of β-amino-alcohol motifs (C(OH)–C–C–N with tert-alkyl or cyclic N) is 1. The van der Waals surface area contributed by atoms with E-state index in [9.17, 15) is 9.90 Å². The first-order valence-electron chi connectivity index (χ1n) is 4.85. The lowest BCUT2D eigenvalue weighted by atomic mass is 10.2. The van der Waals surface area contributed by atoms with Crippen molar-refractivity contribution in [3.05, 3.63) is 29.3 Å². The van der Waals surface area contributed by atoms with Crippen LogP contribution in [0.5, 0.6) is 0 Å². The number of hydrogen-bond acceptors (Lipinski definition) is 4. The summed E-state index contributed by atoms with van der Waals surface area (Å²) in [5.41, 5.74) is 1.13. The average Bonchev–Trinajstić information content (AvgIpc) is 2.90. The number of carbonyl (C=O) groups is 1. The molecule has 0 saturated heterocycles. The van der Waals surface area contributed by atoms with E-state index in [1.807, 2.05) is 17.5 Å². The lowest BCUT2D eigenvalue weighted by molar-refractivity contribution is 0.0594. The van der Waals surface area contributed by atoms with E-state index in [-0.39, 0.29) is 12.5 Å². The molecule has 16 heavy (non-hydrogen) atoms. The largest absolute Gasteiger partial charge is 0.370 e. The van der Waals surface area contributed by atoms with Crippen LogP contribution in [0.15, 0.2) is 23.6 Å². The van der Waals surface area contributed by atoms with Gasteiger partial charge in [-0.1, -0.05) is 6.07 Å². The van der Waals surface area contributed by atoms with Crippen molar-refractivity contribution in [2.75, 3.05) is 6.54 Å². The molecule has 2 aromatic rings. The molecule has 3 heterocycles. The number of amides is 1. The SMILES string of the molecule is O=C1NC[C@H](O)n2nc(-c3cccs3)cc21. The summed E-state index contributed by atoms with van der Waals surface area (Å²) in [5, 5.41) is 18.5. The number of carbonyl (C=O) groups excluding carboxylic acids is 1. The molecule has 6 heteroatoms. The van der Waals surface area contributed by atoms with Gasteiger partial charge in [0.1, 0.15) is 11.4 Å². The van der Waals surface area contributed by atoms with E-state index in [0.29, 0.717) is 5.69 Å². The standard InChI is InChI=1S/C10H9N3O2S/c14-9-5-11-10(15)7-4-6(12-13(7)9)8-2-1-3-16-8/h1-4,9,14H,5H2,(H,11,15)/t9-/m0/s1. The molecule has 1 aliphatic heterocycles. The lowest BCUT2D eigenvalue weighted by Gasteiger charge is -2.19. The zero-order chi connectivity index (χ0) is 11.1. The fourth-order valence-electron chi connectivity index (χ4n) is 1.70. The molecule has 1 aliphatic rings. The van der Waals surface area contributed by atoms with Crippen molar-refractivity contribution in [3.63, 3.8) is 0 Å². The summed E-state index contributed by atoms with van der Waals surface area (Å²) >= 11 is 1.55. The van der Waals surface area contributed by atoms with Gasteiger partial charge in [0.2, 0.25) is 0 Å². The van der Waals surface area contributed by atoms with E-state index in [1.54, 1.807) is 17.4 Å². The van der Waals surface area contributed by atoms with Gasteiger partial charge in [-0.05, 0) is 17.5 Å². The fourth-order valence-corrected chi connectivity index (χ4v) is 2.38. The molecule has 2 N–H and O–H groups in total. The summed E-state index contributed by atoms with van der Waals surface area (Å²) in [4.78, 5) is 12.5. The summed E-state index contributed by atoms with van der Waals surface area (Å²) in [6.07, 6.45) is -0.776. The van der Waals surface area contributed by atoms with Gasteiger partial charge in [0.25, 0.3) is 5.91 Å².